The Hall–Kier alpha value is -0.150. The van der Waals surface area contributed by atoms with Crippen LogP contribution in [0.1, 0.15) is 27.7 Å². The van der Waals surface area contributed by atoms with E-state index in [0.717, 1.165) is 0 Å². The van der Waals surface area contributed by atoms with Crippen molar-refractivity contribution < 1.29 is 4.79 Å². The van der Waals surface area contributed by atoms with Crippen LogP contribution in [0.4, 0.5) is 0 Å². The van der Waals surface area contributed by atoms with Gasteiger partial charge in [-0.15, -0.1) is 0 Å². The molecule has 0 aliphatic heterocycles. The van der Waals surface area contributed by atoms with Gasteiger partial charge in [-0.2, -0.15) is 0 Å². The summed E-state index contributed by atoms with van der Waals surface area (Å²) in [5.41, 5.74) is 0. The molecule has 0 N–H and O–H groups in total. The van der Waals surface area contributed by atoms with Gasteiger partial charge in [0, 0.05) is 12.1 Å². The Morgan fingerprint density at radius 2 is 1.58 bits per heavy atom. The second-order valence-corrected chi connectivity index (χ2v) is 4.18. The van der Waals surface area contributed by atoms with E-state index in [9.17, 15) is 4.79 Å². The first-order valence-corrected chi connectivity index (χ1v) is 4.68. The molecule has 0 bridgehead atoms. The fourth-order valence-electron chi connectivity index (χ4n) is 1.17. The summed E-state index contributed by atoms with van der Waals surface area (Å²) in [6.07, 6.45) is 0. The lowest BCUT2D eigenvalue weighted by Gasteiger charge is -2.29. The second kappa shape index (κ2) is 4.77. The zero-order chi connectivity index (χ0) is 9.89. The molecule has 4 heteroatoms. The van der Waals surface area contributed by atoms with Crippen molar-refractivity contribution in [3.63, 3.8) is 0 Å². The van der Waals surface area contributed by atoms with Gasteiger partial charge in [0.2, 0.25) is 0 Å². The van der Waals surface area contributed by atoms with Crippen LogP contribution in [-0.2, 0) is 4.79 Å². The summed E-state index contributed by atoms with van der Waals surface area (Å²) < 4.78 is -0.0857. The highest BCUT2D eigenvalue weighted by atomic mass is 35.5. The molecule has 0 aliphatic rings. The van der Waals surface area contributed by atoms with Crippen LogP contribution in [0.15, 0.2) is 0 Å². The van der Waals surface area contributed by atoms with Crippen LogP contribution < -0.4 is 0 Å². The van der Waals surface area contributed by atoms with Crippen molar-refractivity contribution in [2.45, 2.75) is 39.8 Å². The number of nitrogens with zero attached hydrogens (tertiary/aromatic N) is 1. The molecule has 0 aromatic carbocycles. The molecule has 70 valence electrons. The van der Waals surface area contributed by atoms with Crippen molar-refractivity contribution in [3.8, 4) is 0 Å². The number of halogens is 1. The van der Waals surface area contributed by atoms with Gasteiger partial charge in [0.15, 0.2) is 4.32 Å². The van der Waals surface area contributed by atoms with Crippen LogP contribution in [0.5, 0.6) is 0 Å². The number of amides is 1. The van der Waals surface area contributed by atoms with Gasteiger partial charge >= 0.3 is 0 Å². The van der Waals surface area contributed by atoms with Crippen LogP contribution >= 0.6 is 23.8 Å². The number of hydrogen-bond acceptors (Lipinski definition) is 2. The molecule has 1 amide bonds. The highest BCUT2D eigenvalue weighted by molar-refractivity contribution is 7.85. The molecule has 0 atom stereocenters. The number of hydrogen-bond donors (Lipinski definition) is 0. The monoisotopic (exact) mass is 207 g/mol. The summed E-state index contributed by atoms with van der Waals surface area (Å²) in [5.74, 6) is -0.253. The highest BCUT2D eigenvalue weighted by Gasteiger charge is 2.21. The van der Waals surface area contributed by atoms with E-state index in [-0.39, 0.29) is 22.3 Å². The molecule has 0 unspecified atom stereocenters. The van der Waals surface area contributed by atoms with E-state index in [2.05, 4.69) is 12.2 Å². The number of carbonyl (C=O) groups excluding carboxylic acids is 1. The first-order valence-electron chi connectivity index (χ1n) is 3.90. The summed E-state index contributed by atoms with van der Waals surface area (Å²) in [6.45, 7) is 7.75. The Kier molecular flexibility index (Phi) is 4.71. The maximum atomic E-state index is 11.4. The second-order valence-electron chi connectivity index (χ2n) is 3.17. The van der Waals surface area contributed by atoms with Gasteiger partial charge < -0.3 is 4.90 Å². The van der Waals surface area contributed by atoms with Crippen molar-refractivity contribution in [3.05, 3.63) is 0 Å². The normalized spacial score (nSPS) is 10.6. The first kappa shape index (κ1) is 11.8. The molecule has 0 fully saturated rings. The third-order valence-electron chi connectivity index (χ3n) is 1.52. The SMILES string of the molecule is CC(C)N(C(=O)C(=S)Cl)C(C)C. The maximum Gasteiger partial charge on any atom is 0.276 e. The zero-order valence-electron chi connectivity index (χ0n) is 7.80. The third kappa shape index (κ3) is 3.07. The lowest BCUT2D eigenvalue weighted by atomic mass is 10.2. The van der Waals surface area contributed by atoms with E-state index < -0.39 is 0 Å². The molecule has 0 heterocycles. The van der Waals surface area contributed by atoms with Crippen molar-refractivity contribution in [1.29, 1.82) is 0 Å². The van der Waals surface area contributed by atoms with E-state index in [1.165, 1.54) is 0 Å². The molecule has 0 spiro atoms. The minimum Gasteiger partial charge on any atom is -0.332 e. The van der Waals surface area contributed by atoms with Crippen LogP contribution in [0, 0.1) is 0 Å². The first-order chi connectivity index (χ1) is 5.37. The van der Waals surface area contributed by atoms with Crippen LogP contribution in [-0.4, -0.2) is 27.2 Å². The standard InChI is InChI=1S/C8H14ClNOS/c1-5(2)10(6(3)4)8(11)7(9)12/h5-6H,1-4H3. The summed E-state index contributed by atoms with van der Waals surface area (Å²) >= 11 is 10.1. The summed E-state index contributed by atoms with van der Waals surface area (Å²) in [5, 5.41) is 0. The smallest absolute Gasteiger partial charge is 0.276 e. The van der Waals surface area contributed by atoms with Gasteiger partial charge in [-0.05, 0) is 27.7 Å². The molecule has 12 heavy (non-hydrogen) atoms. The van der Waals surface area contributed by atoms with Crippen LogP contribution in [0.25, 0.3) is 0 Å². The van der Waals surface area contributed by atoms with Crippen molar-refractivity contribution in [1.82, 2.24) is 4.90 Å². The Morgan fingerprint density at radius 3 is 1.67 bits per heavy atom. The van der Waals surface area contributed by atoms with E-state index in [4.69, 9.17) is 11.6 Å². The van der Waals surface area contributed by atoms with E-state index >= 15 is 0 Å². The zero-order valence-corrected chi connectivity index (χ0v) is 9.37. The Labute approximate surface area is 83.9 Å². The number of rotatable bonds is 3. The van der Waals surface area contributed by atoms with Crippen molar-refractivity contribution in [2.75, 3.05) is 0 Å². The molecule has 0 aromatic rings. The van der Waals surface area contributed by atoms with E-state index in [0.29, 0.717) is 0 Å². The largest absolute Gasteiger partial charge is 0.332 e. The van der Waals surface area contributed by atoms with Gasteiger partial charge in [-0.1, -0.05) is 23.8 Å². The summed E-state index contributed by atoms with van der Waals surface area (Å²) in [6, 6.07) is 0.267. The van der Waals surface area contributed by atoms with E-state index in [1.807, 2.05) is 27.7 Å². The molecule has 0 aliphatic carbocycles. The molecule has 0 rings (SSSR count). The van der Waals surface area contributed by atoms with Gasteiger partial charge in [-0.3, -0.25) is 4.79 Å². The number of carbonyl (C=O) groups is 1. The summed E-state index contributed by atoms with van der Waals surface area (Å²) in [4.78, 5) is 13.0. The Bertz CT molecular complexity index is 183. The average molecular weight is 208 g/mol. The Morgan fingerprint density at radius 1 is 1.25 bits per heavy atom. The average Bonchev–Trinajstić information content (AvgIpc) is 1.85. The van der Waals surface area contributed by atoms with E-state index in [1.54, 1.807) is 4.90 Å². The molecule has 0 saturated heterocycles. The minimum absolute atomic E-state index is 0.0857. The molecular weight excluding hydrogens is 194 g/mol. The molecule has 0 aromatic heterocycles. The fraction of sp³-hybridized carbons (Fsp3) is 0.750. The predicted octanol–water partition coefficient (Wildman–Crippen LogP) is 2.20. The topological polar surface area (TPSA) is 20.3 Å². The van der Waals surface area contributed by atoms with Gasteiger partial charge in [0.25, 0.3) is 5.91 Å². The predicted molar refractivity (Wildman–Crippen MR) is 55.6 cm³/mol. The molecule has 2 nitrogen and oxygen atoms in total. The fourth-order valence-corrected chi connectivity index (χ4v) is 1.37. The van der Waals surface area contributed by atoms with Gasteiger partial charge in [0.05, 0.1) is 0 Å². The Balaban J connectivity index is 4.52. The third-order valence-corrected chi connectivity index (χ3v) is 1.85. The molecule has 0 saturated carbocycles. The van der Waals surface area contributed by atoms with Crippen molar-refractivity contribution in [2.24, 2.45) is 0 Å². The van der Waals surface area contributed by atoms with Crippen molar-refractivity contribution >= 4 is 34.0 Å². The molecule has 0 radical (unpaired) electrons. The van der Waals surface area contributed by atoms with Crippen LogP contribution in [0.2, 0.25) is 0 Å². The van der Waals surface area contributed by atoms with Gasteiger partial charge in [-0.25, -0.2) is 0 Å². The van der Waals surface area contributed by atoms with Gasteiger partial charge in [0.1, 0.15) is 0 Å². The lowest BCUT2D eigenvalue weighted by molar-refractivity contribution is -0.126. The quantitative estimate of drug-likeness (QED) is 0.523. The molecular formula is C8H14ClNOS. The minimum atomic E-state index is -0.253. The summed E-state index contributed by atoms with van der Waals surface area (Å²) in [7, 11) is 0. The number of thiocarbonyl (C=S) groups is 1. The van der Waals surface area contributed by atoms with Crippen LogP contribution in [0.3, 0.4) is 0 Å². The highest BCUT2D eigenvalue weighted by Crippen LogP contribution is 2.07. The lowest BCUT2D eigenvalue weighted by Crippen LogP contribution is -2.44. The maximum absolute atomic E-state index is 11.4.